The summed E-state index contributed by atoms with van der Waals surface area (Å²) in [5.74, 6) is -1.27. The SMILES string of the molecule is Cc1ccc(NC(=O)N[C@@H](C(=O)O)C(C)C)cc1Cl. The van der Waals surface area contributed by atoms with E-state index in [9.17, 15) is 9.59 Å². The molecular weight excluding hydrogens is 268 g/mol. The van der Waals surface area contributed by atoms with Crippen LogP contribution in [-0.2, 0) is 4.79 Å². The fourth-order valence-corrected chi connectivity index (χ4v) is 1.67. The number of anilines is 1. The third-order valence-electron chi connectivity index (χ3n) is 2.65. The van der Waals surface area contributed by atoms with E-state index >= 15 is 0 Å². The molecule has 0 unspecified atom stereocenters. The summed E-state index contributed by atoms with van der Waals surface area (Å²) in [6.45, 7) is 5.30. The summed E-state index contributed by atoms with van der Waals surface area (Å²) >= 11 is 5.94. The number of aryl methyl sites for hydroxylation is 1. The number of urea groups is 1. The number of aliphatic carboxylic acids is 1. The standard InChI is InChI=1S/C13H17ClN2O3/c1-7(2)11(12(17)18)16-13(19)15-9-5-4-8(3)10(14)6-9/h4-7,11H,1-3H3,(H,17,18)(H2,15,16,19)/t11-/m1/s1. The summed E-state index contributed by atoms with van der Waals surface area (Å²) in [6.07, 6.45) is 0. The van der Waals surface area contributed by atoms with Crippen LogP contribution < -0.4 is 10.6 Å². The Morgan fingerprint density at radius 1 is 1.32 bits per heavy atom. The quantitative estimate of drug-likeness (QED) is 0.795. The minimum Gasteiger partial charge on any atom is -0.480 e. The number of rotatable bonds is 4. The van der Waals surface area contributed by atoms with E-state index < -0.39 is 18.0 Å². The number of carboxylic acids is 1. The number of hydrogen-bond acceptors (Lipinski definition) is 2. The van der Waals surface area contributed by atoms with E-state index in [1.54, 1.807) is 32.0 Å². The van der Waals surface area contributed by atoms with Crippen molar-refractivity contribution in [1.29, 1.82) is 0 Å². The first-order chi connectivity index (χ1) is 8.81. The van der Waals surface area contributed by atoms with Gasteiger partial charge in [0.05, 0.1) is 0 Å². The van der Waals surface area contributed by atoms with Crippen molar-refractivity contribution in [1.82, 2.24) is 5.32 Å². The molecule has 0 heterocycles. The van der Waals surface area contributed by atoms with Crippen molar-refractivity contribution in [3.63, 3.8) is 0 Å². The molecule has 1 rings (SSSR count). The molecular formula is C13H17ClN2O3. The molecule has 19 heavy (non-hydrogen) atoms. The van der Waals surface area contributed by atoms with Crippen molar-refractivity contribution in [2.75, 3.05) is 5.32 Å². The van der Waals surface area contributed by atoms with E-state index in [0.717, 1.165) is 5.56 Å². The molecule has 3 N–H and O–H groups in total. The van der Waals surface area contributed by atoms with Gasteiger partial charge in [0.1, 0.15) is 6.04 Å². The molecule has 5 nitrogen and oxygen atoms in total. The van der Waals surface area contributed by atoms with Crippen molar-refractivity contribution in [2.24, 2.45) is 5.92 Å². The molecule has 1 aromatic carbocycles. The Kier molecular flexibility index (Phi) is 5.18. The molecule has 1 aromatic rings. The average Bonchev–Trinajstić information content (AvgIpc) is 2.30. The minimum atomic E-state index is -1.06. The van der Waals surface area contributed by atoms with Gasteiger partial charge in [0, 0.05) is 10.7 Å². The van der Waals surface area contributed by atoms with Gasteiger partial charge in [0.25, 0.3) is 0 Å². The van der Waals surface area contributed by atoms with Gasteiger partial charge in [-0.25, -0.2) is 9.59 Å². The monoisotopic (exact) mass is 284 g/mol. The van der Waals surface area contributed by atoms with Crippen molar-refractivity contribution in [3.05, 3.63) is 28.8 Å². The van der Waals surface area contributed by atoms with Crippen LogP contribution >= 0.6 is 11.6 Å². The maximum atomic E-state index is 11.7. The fraction of sp³-hybridized carbons (Fsp3) is 0.385. The fourth-order valence-electron chi connectivity index (χ4n) is 1.49. The Morgan fingerprint density at radius 3 is 2.42 bits per heavy atom. The highest BCUT2D eigenvalue weighted by molar-refractivity contribution is 6.31. The van der Waals surface area contributed by atoms with Gasteiger partial charge in [-0.2, -0.15) is 0 Å². The highest BCUT2D eigenvalue weighted by atomic mass is 35.5. The molecule has 0 radical (unpaired) electrons. The molecule has 0 aliphatic carbocycles. The van der Waals surface area contributed by atoms with Crippen molar-refractivity contribution < 1.29 is 14.7 Å². The highest BCUT2D eigenvalue weighted by Gasteiger charge is 2.23. The summed E-state index contributed by atoms with van der Waals surface area (Å²) in [4.78, 5) is 22.7. The number of carboxylic acid groups (broad SMARTS) is 1. The Morgan fingerprint density at radius 2 is 1.95 bits per heavy atom. The van der Waals surface area contributed by atoms with Gasteiger partial charge in [-0.3, -0.25) is 0 Å². The third kappa shape index (κ3) is 4.44. The Labute approximate surface area is 117 Å². The second-order valence-corrected chi connectivity index (χ2v) is 5.03. The normalized spacial score (nSPS) is 12.1. The zero-order valence-corrected chi connectivity index (χ0v) is 11.8. The lowest BCUT2D eigenvalue weighted by Crippen LogP contribution is -2.46. The summed E-state index contributed by atoms with van der Waals surface area (Å²) < 4.78 is 0. The van der Waals surface area contributed by atoms with Gasteiger partial charge >= 0.3 is 12.0 Å². The van der Waals surface area contributed by atoms with Crippen LogP contribution in [0.5, 0.6) is 0 Å². The maximum absolute atomic E-state index is 11.7. The second-order valence-electron chi connectivity index (χ2n) is 4.62. The number of amides is 2. The van der Waals surface area contributed by atoms with E-state index in [1.807, 2.05) is 6.92 Å². The van der Waals surface area contributed by atoms with Crippen LogP contribution in [0.15, 0.2) is 18.2 Å². The molecule has 2 amide bonds. The predicted octanol–water partition coefficient (Wildman–Crippen LogP) is 2.88. The van der Waals surface area contributed by atoms with Crippen molar-refractivity contribution >= 4 is 29.3 Å². The molecule has 6 heteroatoms. The molecule has 104 valence electrons. The second kappa shape index (κ2) is 6.43. The van der Waals surface area contributed by atoms with Gasteiger partial charge in [-0.15, -0.1) is 0 Å². The Balaban J connectivity index is 2.69. The zero-order valence-electron chi connectivity index (χ0n) is 11.0. The molecule has 0 saturated carbocycles. The maximum Gasteiger partial charge on any atom is 0.326 e. The lowest BCUT2D eigenvalue weighted by Gasteiger charge is -2.18. The molecule has 0 saturated heterocycles. The van der Waals surface area contributed by atoms with Crippen LogP contribution in [0.3, 0.4) is 0 Å². The Hall–Kier alpha value is -1.75. The topological polar surface area (TPSA) is 78.4 Å². The summed E-state index contributed by atoms with van der Waals surface area (Å²) in [7, 11) is 0. The minimum absolute atomic E-state index is 0.204. The van der Waals surface area contributed by atoms with Crippen LogP contribution in [-0.4, -0.2) is 23.1 Å². The average molecular weight is 285 g/mol. The van der Waals surface area contributed by atoms with Gasteiger partial charge in [0.15, 0.2) is 0 Å². The molecule has 0 spiro atoms. The summed E-state index contributed by atoms with van der Waals surface area (Å²) in [5.41, 5.74) is 1.42. The van der Waals surface area contributed by atoms with Crippen LogP contribution in [0.4, 0.5) is 10.5 Å². The lowest BCUT2D eigenvalue weighted by molar-refractivity contribution is -0.140. The van der Waals surface area contributed by atoms with Crippen molar-refractivity contribution in [2.45, 2.75) is 26.8 Å². The number of benzene rings is 1. The largest absolute Gasteiger partial charge is 0.480 e. The zero-order chi connectivity index (χ0) is 14.6. The number of carbonyl (C=O) groups excluding carboxylic acids is 1. The molecule has 1 atom stereocenters. The van der Waals surface area contributed by atoms with E-state index in [4.69, 9.17) is 16.7 Å². The molecule has 0 fully saturated rings. The van der Waals surface area contributed by atoms with Crippen molar-refractivity contribution in [3.8, 4) is 0 Å². The van der Waals surface area contributed by atoms with E-state index in [0.29, 0.717) is 10.7 Å². The predicted molar refractivity (Wildman–Crippen MR) is 74.6 cm³/mol. The van der Waals surface area contributed by atoms with Crippen LogP contribution in [0.2, 0.25) is 5.02 Å². The number of hydrogen-bond donors (Lipinski definition) is 3. The van der Waals surface area contributed by atoms with Gasteiger partial charge in [-0.1, -0.05) is 31.5 Å². The van der Waals surface area contributed by atoms with Crippen LogP contribution in [0.25, 0.3) is 0 Å². The first kappa shape index (κ1) is 15.3. The lowest BCUT2D eigenvalue weighted by atomic mass is 10.1. The van der Waals surface area contributed by atoms with Gasteiger partial charge < -0.3 is 15.7 Å². The highest BCUT2D eigenvalue weighted by Crippen LogP contribution is 2.19. The molecule has 0 bridgehead atoms. The number of halogens is 1. The van der Waals surface area contributed by atoms with Crippen LogP contribution in [0, 0.1) is 12.8 Å². The molecule has 0 aromatic heterocycles. The van der Waals surface area contributed by atoms with Crippen LogP contribution in [0.1, 0.15) is 19.4 Å². The smallest absolute Gasteiger partial charge is 0.326 e. The van der Waals surface area contributed by atoms with Gasteiger partial charge in [0.2, 0.25) is 0 Å². The Bertz CT molecular complexity index is 489. The summed E-state index contributed by atoms with van der Waals surface area (Å²) in [5, 5.41) is 14.5. The third-order valence-corrected chi connectivity index (χ3v) is 3.06. The number of carbonyl (C=O) groups is 2. The molecule has 0 aliphatic rings. The van der Waals surface area contributed by atoms with E-state index in [2.05, 4.69) is 10.6 Å². The summed E-state index contributed by atoms with van der Waals surface area (Å²) in [6, 6.07) is 3.59. The first-order valence-corrected chi connectivity index (χ1v) is 6.25. The van der Waals surface area contributed by atoms with E-state index in [1.165, 1.54) is 0 Å². The van der Waals surface area contributed by atoms with E-state index in [-0.39, 0.29) is 5.92 Å². The molecule has 0 aliphatic heterocycles. The number of nitrogens with one attached hydrogen (secondary N) is 2. The van der Waals surface area contributed by atoms with Gasteiger partial charge in [-0.05, 0) is 30.5 Å². The first-order valence-electron chi connectivity index (χ1n) is 5.87.